The van der Waals surface area contributed by atoms with E-state index in [1.165, 1.54) is 12.8 Å². The van der Waals surface area contributed by atoms with Crippen LogP contribution in [0, 0.1) is 13.8 Å². The largest absolute Gasteiger partial charge is 0.337 e. The molecule has 5 nitrogen and oxygen atoms in total. The Labute approximate surface area is 112 Å². The van der Waals surface area contributed by atoms with Gasteiger partial charge < -0.3 is 9.84 Å². The molecule has 0 unspecified atom stereocenters. The molecule has 0 aromatic carbocycles. The molecule has 1 aliphatic rings. The number of hydrogen-bond donors (Lipinski definition) is 1. The van der Waals surface area contributed by atoms with Crippen molar-refractivity contribution in [3.8, 4) is 11.4 Å². The fourth-order valence-electron chi connectivity index (χ4n) is 2.52. The summed E-state index contributed by atoms with van der Waals surface area (Å²) in [7, 11) is 0. The Kier molecular flexibility index (Phi) is 3.29. The maximum atomic E-state index is 5.39. The van der Waals surface area contributed by atoms with Crippen LogP contribution in [-0.2, 0) is 0 Å². The number of pyridine rings is 1. The minimum Gasteiger partial charge on any atom is -0.337 e. The quantitative estimate of drug-likeness (QED) is 0.896. The van der Waals surface area contributed by atoms with E-state index < -0.39 is 0 Å². The molecule has 1 aliphatic heterocycles. The third kappa shape index (κ3) is 2.66. The van der Waals surface area contributed by atoms with Gasteiger partial charge in [-0.15, -0.1) is 0 Å². The van der Waals surface area contributed by atoms with Crippen molar-refractivity contribution in [1.82, 2.24) is 20.4 Å². The smallest absolute Gasteiger partial charge is 0.244 e. The standard InChI is InChI=1S/C14H18N4O/c1-9-7-11(8-10(2)16-9)13-17-14(19-18-13)12-5-3-4-6-15-12/h7-8,12,15H,3-6H2,1-2H3/t12-/m0/s1. The molecule has 1 saturated heterocycles. The summed E-state index contributed by atoms with van der Waals surface area (Å²) >= 11 is 0. The number of hydrogen-bond acceptors (Lipinski definition) is 5. The second-order valence-corrected chi connectivity index (χ2v) is 5.10. The SMILES string of the molecule is Cc1cc(-c2noc([C@@H]3CCCCN3)n2)cc(C)n1. The zero-order valence-electron chi connectivity index (χ0n) is 11.3. The summed E-state index contributed by atoms with van der Waals surface area (Å²) in [5, 5.41) is 7.50. The van der Waals surface area contributed by atoms with Crippen LogP contribution in [0.25, 0.3) is 11.4 Å². The molecule has 0 bridgehead atoms. The van der Waals surface area contributed by atoms with Crippen molar-refractivity contribution < 1.29 is 4.52 Å². The van der Waals surface area contributed by atoms with Crippen LogP contribution in [0.4, 0.5) is 0 Å². The average molecular weight is 258 g/mol. The number of aryl methyl sites for hydroxylation is 2. The van der Waals surface area contributed by atoms with E-state index in [1.54, 1.807) is 0 Å². The lowest BCUT2D eigenvalue weighted by Crippen LogP contribution is -2.26. The van der Waals surface area contributed by atoms with E-state index in [2.05, 4.69) is 20.4 Å². The summed E-state index contributed by atoms with van der Waals surface area (Å²) in [5.74, 6) is 1.35. The van der Waals surface area contributed by atoms with Crippen LogP contribution in [-0.4, -0.2) is 21.7 Å². The first-order valence-electron chi connectivity index (χ1n) is 6.75. The monoisotopic (exact) mass is 258 g/mol. The second kappa shape index (κ2) is 5.09. The molecular formula is C14H18N4O. The molecule has 2 aromatic rings. The van der Waals surface area contributed by atoms with Crippen molar-refractivity contribution in [2.75, 3.05) is 6.54 Å². The van der Waals surface area contributed by atoms with Crippen molar-refractivity contribution in [3.05, 3.63) is 29.4 Å². The van der Waals surface area contributed by atoms with Crippen LogP contribution in [0.5, 0.6) is 0 Å². The van der Waals surface area contributed by atoms with Gasteiger partial charge in [-0.25, -0.2) is 0 Å². The van der Waals surface area contributed by atoms with Gasteiger partial charge in [-0.1, -0.05) is 11.6 Å². The minimum absolute atomic E-state index is 0.207. The van der Waals surface area contributed by atoms with E-state index in [-0.39, 0.29) is 6.04 Å². The zero-order valence-corrected chi connectivity index (χ0v) is 11.3. The van der Waals surface area contributed by atoms with E-state index >= 15 is 0 Å². The molecule has 3 heterocycles. The number of nitrogens with zero attached hydrogens (tertiary/aromatic N) is 3. The number of rotatable bonds is 2. The Hall–Kier alpha value is -1.75. The van der Waals surface area contributed by atoms with Crippen LogP contribution in [0.15, 0.2) is 16.7 Å². The summed E-state index contributed by atoms with van der Waals surface area (Å²) in [6, 6.07) is 4.17. The average Bonchev–Trinajstić information content (AvgIpc) is 2.88. The summed E-state index contributed by atoms with van der Waals surface area (Å²) in [5.41, 5.74) is 2.91. The summed E-state index contributed by atoms with van der Waals surface area (Å²) < 4.78 is 5.39. The Morgan fingerprint density at radius 2 is 1.95 bits per heavy atom. The van der Waals surface area contributed by atoms with Gasteiger partial charge in [-0.3, -0.25) is 4.98 Å². The lowest BCUT2D eigenvalue weighted by Gasteiger charge is -2.19. The molecule has 2 aromatic heterocycles. The van der Waals surface area contributed by atoms with E-state index in [1.807, 2.05) is 26.0 Å². The van der Waals surface area contributed by atoms with E-state index in [0.717, 1.165) is 29.9 Å². The third-order valence-corrected chi connectivity index (χ3v) is 3.39. The Bertz CT molecular complexity index is 552. The highest BCUT2D eigenvalue weighted by Crippen LogP contribution is 2.24. The first-order valence-corrected chi connectivity index (χ1v) is 6.75. The van der Waals surface area contributed by atoms with Crippen LogP contribution >= 0.6 is 0 Å². The fraction of sp³-hybridized carbons (Fsp3) is 0.500. The van der Waals surface area contributed by atoms with Crippen molar-refractivity contribution in [2.45, 2.75) is 39.2 Å². The molecule has 0 spiro atoms. The van der Waals surface area contributed by atoms with Crippen LogP contribution in [0.3, 0.4) is 0 Å². The van der Waals surface area contributed by atoms with Gasteiger partial charge in [0.05, 0.1) is 6.04 Å². The summed E-state index contributed by atoms with van der Waals surface area (Å²) in [6.45, 7) is 4.97. The van der Waals surface area contributed by atoms with Gasteiger partial charge in [0.1, 0.15) is 0 Å². The Morgan fingerprint density at radius 3 is 2.63 bits per heavy atom. The molecule has 0 saturated carbocycles. The summed E-state index contributed by atoms with van der Waals surface area (Å²) in [4.78, 5) is 8.88. The number of piperidine rings is 1. The van der Waals surface area contributed by atoms with Gasteiger partial charge in [0.25, 0.3) is 0 Å². The normalized spacial score (nSPS) is 19.6. The third-order valence-electron chi connectivity index (χ3n) is 3.39. The van der Waals surface area contributed by atoms with Crippen molar-refractivity contribution in [2.24, 2.45) is 0 Å². The molecule has 5 heteroatoms. The minimum atomic E-state index is 0.207. The fourth-order valence-corrected chi connectivity index (χ4v) is 2.52. The van der Waals surface area contributed by atoms with E-state index in [4.69, 9.17) is 4.52 Å². The van der Waals surface area contributed by atoms with Gasteiger partial charge >= 0.3 is 0 Å². The molecule has 0 radical (unpaired) electrons. The molecule has 0 aliphatic carbocycles. The lowest BCUT2D eigenvalue weighted by molar-refractivity contribution is 0.297. The molecule has 1 fully saturated rings. The van der Waals surface area contributed by atoms with E-state index in [0.29, 0.717) is 11.7 Å². The zero-order chi connectivity index (χ0) is 13.2. The number of nitrogens with one attached hydrogen (secondary N) is 1. The van der Waals surface area contributed by atoms with Crippen LogP contribution < -0.4 is 5.32 Å². The highest BCUT2D eigenvalue weighted by Gasteiger charge is 2.21. The van der Waals surface area contributed by atoms with Gasteiger partial charge in [-0.05, 0) is 45.4 Å². The molecule has 100 valence electrons. The molecule has 19 heavy (non-hydrogen) atoms. The predicted molar refractivity (Wildman–Crippen MR) is 71.6 cm³/mol. The van der Waals surface area contributed by atoms with Gasteiger partial charge in [0.15, 0.2) is 0 Å². The predicted octanol–water partition coefficient (Wildman–Crippen LogP) is 2.56. The second-order valence-electron chi connectivity index (χ2n) is 5.10. The number of aromatic nitrogens is 3. The van der Waals surface area contributed by atoms with Crippen molar-refractivity contribution >= 4 is 0 Å². The first kappa shape index (κ1) is 12.3. The van der Waals surface area contributed by atoms with Crippen molar-refractivity contribution in [1.29, 1.82) is 0 Å². The lowest BCUT2D eigenvalue weighted by atomic mass is 10.1. The highest BCUT2D eigenvalue weighted by atomic mass is 16.5. The molecular weight excluding hydrogens is 240 g/mol. The molecule has 1 N–H and O–H groups in total. The molecule has 3 rings (SSSR count). The van der Waals surface area contributed by atoms with Gasteiger partial charge in [-0.2, -0.15) is 4.98 Å². The van der Waals surface area contributed by atoms with Gasteiger partial charge in [0.2, 0.25) is 11.7 Å². The highest BCUT2D eigenvalue weighted by molar-refractivity contribution is 5.55. The van der Waals surface area contributed by atoms with Crippen molar-refractivity contribution in [3.63, 3.8) is 0 Å². The Balaban J connectivity index is 1.87. The maximum absolute atomic E-state index is 5.39. The van der Waals surface area contributed by atoms with Crippen LogP contribution in [0.2, 0.25) is 0 Å². The molecule has 0 amide bonds. The van der Waals surface area contributed by atoms with E-state index in [9.17, 15) is 0 Å². The van der Waals surface area contributed by atoms with Gasteiger partial charge in [0, 0.05) is 17.0 Å². The summed E-state index contributed by atoms with van der Waals surface area (Å²) in [6.07, 6.45) is 3.50. The first-order chi connectivity index (χ1) is 9.22. The Morgan fingerprint density at radius 1 is 1.16 bits per heavy atom. The topological polar surface area (TPSA) is 63.8 Å². The maximum Gasteiger partial charge on any atom is 0.244 e. The van der Waals surface area contributed by atoms with Crippen LogP contribution in [0.1, 0.15) is 42.6 Å². The molecule has 1 atom stereocenters.